The lowest BCUT2D eigenvalue weighted by atomic mass is 9.84. The van der Waals surface area contributed by atoms with Gasteiger partial charge in [0, 0.05) is 8.96 Å². The predicted octanol–water partition coefficient (Wildman–Crippen LogP) is 9.89. The zero-order valence-corrected chi connectivity index (χ0v) is 24.5. The quantitative estimate of drug-likeness (QED) is 0.310. The molecule has 4 heteroatoms. The van der Waals surface area contributed by atoms with E-state index in [9.17, 15) is 0 Å². The first-order valence-corrected chi connectivity index (χ1v) is 14.8. The topological polar surface area (TPSA) is 0 Å². The Morgan fingerprint density at radius 2 is 1.03 bits per heavy atom. The van der Waals surface area contributed by atoms with Gasteiger partial charge in [0.15, 0.2) is 0 Å². The fourth-order valence-electron chi connectivity index (χ4n) is 5.79. The van der Waals surface area contributed by atoms with E-state index in [1.54, 1.807) is 0 Å². The monoisotopic (exact) mass is 596 g/mol. The third kappa shape index (κ3) is 3.16. The van der Waals surface area contributed by atoms with Crippen LogP contribution in [0.4, 0.5) is 0 Å². The summed E-state index contributed by atoms with van der Waals surface area (Å²) in [6.07, 6.45) is 10.8. The van der Waals surface area contributed by atoms with E-state index in [0.717, 1.165) is 6.42 Å². The molecule has 168 valence electrons. The van der Waals surface area contributed by atoms with Crippen LogP contribution in [0.25, 0.3) is 0 Å². The van der Waals surface area contributed by atoms with Crippen LogP contribution in [0, 0.1) is 0 Å². The van der Waals surface area contributed by atoms with E-state index in [4.69, 9.17) is 0 Å². The summed E-state index contributed by atoms with van der Waals surface area (Å²) >= 11 is 12.0. The van der Waals surface area contributed by atoms with Crippen molar-refractivity contribution in [2.75, 3.05) is 0 Å². The summed E-state index contributed by atoms with van der Waals surface area (Å²) in [5.41, 5.74) is 17.2. The zero-order valence-electron chi connectivity index (χ0n) is 19.7. The number of allylic oxidation sites excluding steroid dienone is 16. The van der Waals surface area contributed by atoms with Gasteiger partial charge in [-0.1, -0.05) is 12.2 Å². The predicted molar refractivity (Wildman–Crippen MR) is 154 cm³/mol. The highest BCUT2D eigenvalue weighted by Gasteiger charge is 2.38. The molecule has 0 N–H and O–H groups in total. The Morgan fingerprint density at radius 3 is 1.42 bits per heavy atom. The lowest BCUT2D eigenvalue weighted by Crippen LogP contribution is -2.12. The third-order valence-electron chi connectivity index (χ3n) is 7.88. The van der Waals surface area contributed by atoms with Crippen LogP contribution >= 0.6 is 55.4 Å². The molecule has 0 saturated heterocycles. The number of fused-ring (bicyclic) bond motifs is 4. The van der Waals surface area contributed by atoms with Gasteiger partial charge in [-0.15, -0.1) is 23.5 Å². The smallest absolute Gasteiger partial charge is 0.0544 e. The molecule has 0 radical (unpaired) electrons. The molecule has 0 aromatic heterocycles. The molecule has 0 aromatic rings. The molecule has 2 atom stereocenters. The Morgan fingerprint density at radius 1 is 0.636 bits per heavy atom. The maximum Gasteiger partial charge on any atom is 0.0544 e. The molecule has 0 nitrogen and oxygen atoms in total. The average Bonchev–Trinajstić information content (AvgIpc) is 3.43. The first kappa shape index (κ1) is 22.5. The van der Waals surface area contributed by atoms with Crippen molar-refractivity contribution in [1.29, 1.82) is 0 Å². The maximum absolute atomic E-state index is 4.00. The molecule has 2 aliphatic heterocycles. The summed E-state index contributed by atoms with van der Waals surface area (Å²) in [7, 11) is 0. The molecule has 0 fully saturated rings. The Kier molecular flexibility index (Phi) is 5.31. The first-order chi connectivity index (χ1) is 15.7. The van der Waals surface area contributed by atoms with Crippen LogP contribution in [0.5, 0.6) is 0 Å². The summed E-state index contributed by atoms with van der Waals surface area (Å²) in [6.45, 7) is 13.6. The summed E-state index contributed by atoms with van der Waals surface area (Å²) in [4.78, 5) is 2.89. The summed E-state index contributed by atoms with van der Waals surface area (Å²) < 4.78 is 2.59. The van der Waals surface area contributed by atoms with E-state index >= 15 is 0 Å². The molecule has 4 aliphatic carbocycles. The van der Waals surface area contributed by atoms with E-state index < -0.39 is 0 Å². The van der Waals surface area contributed by atoms with Gasteiger partial charge in [0.05, 0.1) is 10.5 Å². The number of halogens is 2. The van der Waals surface area contributed by atoms with Gasteiger partial charge in [0.2, 0.25) is 0 Å². The van der Waals surface area contributed by atoms with Crippen LogP contribution in [0.1, 0.15) is 48.0 Å². The molecule has 2 unspecified atom stereocenters. The van der Waals surface area contributed by atoms with Crippen molar-refractivity contribution in [2.24, 2.45) is 0 Å². The molecule has 6 aliphatic rings. The van der Waals surface area contributed by atoms with Crippen molar-refractivity contribution in [3.8, 4) is 0 Å². The van der Waals surface area contributed by atoms with Crippen molar-refractivity contribution >= 4 is 55.4 Å². The number of rotatable bonds is 2. The van der Waals surface area contributed by atoms with E-state index in [0.29, 0.717) is 10.5 Å². The molecule has 0 aromatic carbocycles. The molecule has 0 bridgehead atoms. The second-order valence-electron chi connectivity index (χ2n) is 9.67. The van der Waals surface area contributed by atoms with E-state index in [1.165, 1.54) is 85.7 Å². The van der Waals surface area contributed by atoms with Gasteiger partial charge in [-0.3, -0.25) is 0 Å². The highest BCUT2D eigenvalue weighted by atomic mass is 79.9. The van der Waals surface area contributed by atoms with Crippen LogP contribution in [-0.2, 0) is 0 Å². The van der Waals surface area contributed by atoms with Crippen LogP contribution < -0.4 is 0 Å². The standard InChI is InChI=1S/C29H26Br2S2/c1-12-7-22-20(10-24-26(28(22)30)14(3)16(5)32-24)18(12)9-19-13(2)8-23-21(19)11-25-27(29(23)31)15(4)17(6)33-25/h7-8,10-11,24-25H,9H2,1-6H3. The highest BCUT2D eigenvalue weighted by Crippen LogP contribution is 2.56. The van der Waals surface area contributed by atoms with Crippen LogP contribution in [0.15, 0.2) is 110 Å². The number of hydrogen-bond donors (Lipinski definition) is 0. The van der Waals surface area contributed by atoms with Gasteiger partial charge in [-0.25, -0.2) is 0 Å². The molecule has 33 heavy (non-hydrogen) atoms. The van der Waals surface area contributed by atoms with Crippen molar-refractivity contribution in [2.45, 2.75) is 58.5 Å². The average molecular weight is 598 g/mol. The number of hydrogen-bond acceptors (Lipinski definition) is 2. The van der Waals surface area contributed by atoms with Gasteiger partial charge in [0.1, 0.15) is 0 Å². The minimum absolute atomic E-state index is 0.431. The lowest BCUT2D eigenvalue weighted by molar-refractivity contribution is 1.08. The third-order valence-corrected chi connectivity index (χ3v) is 12.2. The molecule has 0 amide bonds. The van der Waals surface area contributed by atoms with Gasteiger partial charge in [0.25, 0.3) is 0 Å². The van der Waals surface area contributed by atoms with Gasteiger partial charge in [-0.2, -0.15) is 0 Å². The van der Waals surface area contributed by atoms with Gasteiger partial charge in [-0.05, 0) is 169 Å². The second-order valence-corrected chi connectivity index (χ2v) is 14.0. The summed E-state index contributed by atoms with van der Waals surface area (Å²) in [6, 6.07) is 0. The molecule has 6 rings (SSSR count). The van der Waals surface area contributed by atoms with E-state index in [1.807, 2.05) is 23.5 Å². The SMILES string of the molecule is CC1=C(CC2=C(C)C=C3C2=CC2SC(C)=C(C)C2=C3Br)C2=CC3SC(C)=C(C)C3=C(Br)C2=C1. The Labute approximate surface area is 222 Å². The van der Waals surface area contributed by atoms with Crippen molar-refractivity contribution in [1.82, 2.24) is 0 Å². The van der Waals surface area contributed by atoms with Crippen molar-refractivity contribution in [3.05, 3.63) is 110 Å². The lowest BCUT2D eigenvalue weighted by Gasteiger charge is -2.25. The van der Waals surface area contributed by atoms with Gasteiger partial charge >= 0.3 is 0 Å². The Bertz CT molecular complexity index is 1290. The Balaban J connectivity index is 1.35. The number of thioether (sulfide) groups is 2. The summed E-state index contributed by atoms with van der Waals surface area (Å²) in [5.74, 6) is 0. The minimum Gasteiger partial charge on any atom is -0.118 e. The second kappa shape index (κ2) is 7.78. The molecular weight excluding hydrogens is 572 g/mol. The zero-order chi connectivity index (χ0) is 23.3. The molecular formula is C29H26Br2S2. The van der Waals surface area contributed by atoms with Crippen LogP contribution in [-0.4, -0.2) is 10.5 Å². The fourth-order valence-corrected chi connectivity index (χ4v) is 10.4. The van der Waals surface area contributed by atoms with Crippen molar-refractivity contribution in [3.63, 3.8) is 0 Å². The summed E-state index contributed by atoms with van der Waals surface area (Å²) in [5, 5.41) is 0.862. The maximum atomic E-state index is 4.00. The van der Waals surface area contributed by atoms with Crippen LogP contribution in [0.2, 0.25) is 0 Å². The molecule has 0 saturated carbocycles. The normalized spacial score (nSPS) is 28.5. The Hall–Kier alpha value is -0.940. The molecule has 2 heterocycles. The van der Waals surface area contributed by atoms with Crippen LogP contribution in [0.3, 0.4) is 0 Å². The molecule has 0 spiro atoms. The van der Waals surface area contributed by atoms with E-state index in [-0.39, 0.29) is 0 Å². The van der Waals surface area contributed by atoms with Crippen molar-refractivity contribution < 1.29 is 0 Å². The van der Waals surface area contributed by atoms with E-state index in [2.05, 4.69) is 97.7 Å². The first-order valence-electron chi connectivity index (χ1n) is 11.4. The van der Waals surface area contributed by atoms with Gasteiger partial charge < -0.3 is 0 Å². The fraction of sp³-hybridized carbons (Fsp3) is 0.310. The largest absolute Gasteiger partial charge is 0.118 e. The minimum atomic E-state index is 0.431. The highest BCUT2D eigenvalue weighted by molar-refractivity contribution is 9.12.